The summed E-state index contributed by atoms with van der Waals surface area (Å²) in [5, 5.41) is 3.88. The number of nitrogens with one attached hydrogen (secondary N) is 1. The summed E-state index contributed by atoms with van der Waals surface area (Å²) < 4.78 is 29.6. The molecule has 1 unspecified atom stereocenters. The van der Waals surface area contributed by atoms with E-state index in [0.29, 0.717) is 26.2 Å². The van der Waals surface area contributed by atoms with Gasteiger partial charge in [-0.1, -0.05) is 95.0 Å². The van der Waals surface area contributed by atoms with Crippen LogP contribution >= 0.6 is 34.8 Å². The number of sulfonamides is 1. The molecule has 0 fully saturated rings. The molecule has 2 amide bonds. The van der Waals surface area contributed by atoms with Gasteiger partial charge in [-0.25, -0.2) is 8.42 Å². The van der Waals surface area contributed by atoms with Crippen LogP contribution in [0.1, 0.15) is 36.1 Å². The molecule has 0 spiro atoms. The average molecular weight is 701 g/mol. The van der Waals surface area contributed by atoms with E-state index in [1.165, 1.54) is 17.0 Å². The molecule has 4 aromatic rings. The van der Waals surface area contributed by atoms with Crippen LogP contribution in [0, 0.1) is 13.8 Å². The molecular formula is C35H36Cl3N3O4S. The molecule has 0 aliphatic rings. The van der Waals surface area contributed by atoms with Gasteiger partial charge in [0.1, 0.15) is 12.6 Å². The molecule has 0 saturated heterocycles. The maximum atomic E-state index is 14.6. The average Bonchev–Trinajstić information content (AvgIpc) is 3.00. The van der Waals surface area contributed by atoms with Crippen molar-refractivity contribution in [2.75, 3.05) is 10.8 Å². The van der Waals surface area contributed by atoms with E-state index in [0.717, 1.165) is 15.4 Å². The first-order chi connectivity index (χ1) is 21.8. The van der Waals surface area contributed by atoms with Crippen molar-refractivity contribution in [3.63, 3.8) is 0 Å². The van der Waals surface area contributed by atoms with Gasteiger partial charge in [-0.3, -0.25) is 13.9 Å². The number of halogens is 3. The normalized spacial score (nSPS) is 12.1. The molecule has 0 radical (unpaired) electrons. The maximum absolute atomic E-state index is 14.6. The van der Waals surface area contributed by atoms with Crippen LogP contribution < -0.4 is 9.62 Å². The lowest BCUT2D eigenvalue weighted by molar-refractivity contribution is -0.140. The summed E-state index contributed by atoms with van der Waals surface area (Å²) >= 11 is 19.6. The molecular weight excluding hydrogens is 665 g/mol. The van der Waals surface area contributed by atoms with Crippen LogP contribution in [0.5, 0.6) is 0 Å². The smallest absolute Gasteiger partial charge is 0.264 e. The van der Waals surface area contributed by atoms with Crippen molar-refractivity contribution in [1.29, 1.82) is 0 Å². The second kappa shape index (κ2) is 15.4. The Morgan fingerprint density at radius 3 is 1.98 bits per heavy atom. The Kier molecular flexibility index (Phi) is 11.8. The SMILES string of the molecule is Cc1ccc(S(=O)(=O)N(CC(=O)N(Cc2c(Cl)cccc2Cl)C(Cc2ccccc2)C(=O)NC(C)C)c2cccc(Cl)c2C)cc1. The van der Waals surface area contributed by atoms with E-state index in [-0.39, 0.29) is 29.6 Å². The first-order valence-electron chi connectivity index (χ1n) is 14.7. The van der Waals surface area contributed by atoms with E-state index in [4.69, 9.17) is 34.8 Å². The van der Waals surface area contributed by atoms with Gasteiger partial charge in [0.05, 0.1) is 10.6 Å². The summed E-state index contributed by atoms with van der Waals surface area (Å²) in [4.78, 5) is 29.8. The Bertz CT molecular complexity index is 1780. The van der Waals surface area contributed by atoms with Crippen molar-refractivity contribution in [2.45, 2.75) is 57.6 Å². The molecule has 4 rings (SSSR count). The first-order valence-corrected chi connectivity index (χ1v) is 17.3. The molecule has 1 N–H and O–H groups in total. The van der Waals surface area contributed by atoms with E-state index >= 15 is 0 Å². The second-order valence-electron chi connectivity index (χ2n) is 11.3. The minimum Gasteiger partial charge on any atom is -0.352 e. The molecule has 7 nitrogen and oxygen atoms in total. The van der Waals surface area contributed by atoms with Crippen LogP contribution in [0.4, 0.5) is 5.69 Å². The minimum absolute atomic E-state index is 0.00404. The van der Waals surface area contributed by atoms with Gasteiger partial charge in [0, 0.05) is 39.6 Å². The Balaban J connectivity index is 1.87. The van der Waals surface area contributed by atoms with Gasteiger partial charge in [0.2, 0.25) is 11.8 Å². The van der Waals surface area contributed by atoms with Crippen LogP contribution in [0.25, 0.3) is 0 Å². The lowest BCUT2D eigenvalue weighted by atomic mass is 10.0. The molecule has 0 saturated carbocycles. The van der Waals surface area contributed by atoms with Crippen LogP contribution in [0.3, 0.4) is 0 Å². The highest BCUT2D eigenvalue weighted by Gasteiger charge is 2.36. The predicted octanol–water partition coefficient (Wildman–Crippen LogP) is 7.62. The zero-order valence-electron chi connectivity index (χ0n) is 26.0. The molecule has 1 atom stereocenters. The number of carbonyl (C=O) groups excluding carboxylic acids is 2. The van der Waals surface area contributed by atoms with Crippen molar-refractivity contribution in [2.24, 2.45) is 0 Å². The number of carbonyl (C=O) groups is 2. The van der Waals surface area contributed by atoms with Gasteiger partial charge < -0.3 is 10.2 Å². The number of benzene rings is 4. The highest BCUT2D eigenvalue weighted by molar-refractivity contribution is 7.92. The third-order valence-electron chi connectivity index (χ3n) is 7.49. The van der Waals surface area contributed by atoms with Gasteiger partial charge in [-0.15, -0.1) is 0 Å². The van der Waals surface area contributed by atoms with Gasteiger partial charge in [-0.2, -0.15) is 0 Å². The van der Waals surface area contributed by atoms with Crippen LogP contribution in [0.2, 0.25) is 15.1 Å². The van der Waals surface area contributed by atoms with Crippen molar-refractivity contribution >= 4 is 62.3 Å². The third-order valence-corrected chi connectivity index (χ3v) is 10.4. The topological polar surface area (TPSA) is 86.8 Å². The first kappa shape index (κ1) is 35.3. The molecule has 11 heteroatoms. The quantitative estimate of drug-likeness (QED) is 0.165. The number of rotatable bonds is 12. The van der Waals surface area contributed by atoms with Crippen molar-refractivity contribution < 1.29 is 18.0 Å². The summed E-state index contributed by atoms with van der Waals surface area (Å²) in [5.41, 5.74) is 2.84. The third kappa shape index (κ3) is 8.42. The Labute approximate surface area is 286 Å². The van der Waals surface area contributed by atoms with E-state index in [1.54, 1.807) is 55.5 Å². The maximum Gasteiger partial charge on any atom is 0.264 e. The zero-order chi connectivity index (χ0) is 33.6. The zero-order valence-corrected chi connectivity index (χ0v) is 29.1. The number of amides is 2. The lowest BCUT2D eigenvalue weighted by Crippen LogP contribution is -2.54. The van der Waals surface area contributed by atoms with E-state index < -0.39 is 34.4 Å². The lowest BCUT2D eigenvalue weighted by Gasteiger charge is -2.35. The van der Waals surface area contributed by atoms with Crippen molar-refractivity contribution in [3.8, 4) is 0 Å². The number of hydrogen-bond acceptors (Lipinski definition) is 4. The predicted molar refractivity (Wildman–Crippen MR) is 186 cm³/mol. The standard InChI is InChI=1S/C35H36Cl3N3O4S/c1-23(2)39-35(43)33(20-26-10-6-5-7-11-26)40(21-28-30(37)13-8-14-31(28)38)34(42)22-41(32-15-9-12-29(36)25(32)4)46(44,45)27-18-16-24(3)17-19-27/h5-19,23,33H,20-22H2,1-4H3,(H,39,43). The largest absolute Gasteiger partial charge is 0.352 e. The summed E-state index contributed by atoms with van der Waals surface area (Å²) in [5.74, 6) is -1.03. The van der Waals surface area contributed by atoms with E-state index in [2.05, 4.69) is 5.32 Å². The fraction of sp³-hybridized carbons (Fsp3) is 0.257. The Morgan fingerprint density at radius 2 is 1.37 bits per heavy atom. The van der Waals surface area contributed by atoms with Crippen molar-refractivity contribution in [3.05, 3.63) is 128 Å². The molecule has 0 aromatic heterocycles. The molecule has 46 heavy (non-hydrogen) atoms. The molecule has 0 heterocycles. The number of hydrogen-bond donors (Lipinski definition) is 1. The molecule has 0 aliphatic carbocycles. The molecule has 4 aromatic carbocycles. The number of nitrogens with zero attached hydrogens (tertiary/aromatic N) is 2. The van der Waals surface area contributed by atoms with Gasteiger partial charge >= 0.3 is 0 Å². The fourth-order valence-electron chi connectivity index (χ4n) is 5.01. The number of anilines is 1. The van der Waals surface area contributed by atoms with Crippen LogP contribution in [-0.2, 0) is 32.6 Å². The summed E-state index contributed by atoms with van der Waals surface area (Å²) in [6.45, 7) is 6.42. The minimum atomic E-state index is -4.28. The second-order valence-corrected chi connectivity index (χ2v) is 14.4. The van der Waals surface area contributed by atoms with Crippen molar-refractivity contribution in [1.82, 2.24) is 10.2 Å². The Hall–Kier alpha value is -3.56. The monoisotopic (exact) mass is 699 g/mol. The molecule has 242 valence electrons. The van der Waals surface area contributed by atoms with Crippen LogP contribution in [0.15, 0.2) is 95.9 Å². The van der Waals surface area contributed by atoms with Gasteiger partial charge in [0.15, 0.2) is 0 Å². The van der Waals surface area contributed by atoms with Gasteiger partial charge in [0.25, 0.3) is 10.0 Å². The molecule has 0 bridgehead atoms. The summed E-state index contributed by atoms with van der Waals surface area (Å²) in [6.07, 6.45) is 0.161. The molecule has 0 aliphatic heterocycles. The van der Waals surface area contributed by atoms with Crippen LogP contribution in [-0.4, -0.2) is 43.8 Å². The van der Waals surface area contributed by atoms with Gasteiger partial charge in [-0.05, 0) is 75.2 Å². The van der Waals surface area contributed by atoms with E-state index in [1.807, 2.05) is 51.1 Å². The summed E-state index contributed by atoms with van der Waals surface area (Å²) in [7, 11) is -4.28. The number of aryl methyl sites for hydroxylation is 1. The Morgan fingerprint density at radius 1 is 0.783 bits per heavy atom. The highest BCUT2D eigenvalue weighted by atomic mass is 35.5. The van der Waals surface area contributed by atoms with E-state index in [9.17, 15) is 18.0 Å². The highest BCUT2D eigenvalue weighted by Crippen LogP contribution is 2.32. The summed E-state index contributed by atoms with van der Waals surface area (Å²) in [6, 6.07) is 24.3. The fourth-order valence-corrected chi connectivity index (χ4v) is 7.16.